The third-order valence-electron chi connectivity index (χ3n) is 3.39. The fourth-order valence-electron chi connectivity index (χ4n) is 2.18. The Balaban J connectivity index is 2.01. The van der Waals surface area contributed by atoms with Gasteiger partial charge in [0, 0.05) is 12.1 Å². The summed E-state index contributed by atoms with van der Waals surface area (Å²) >= 11 is 7.53. The second kappa shape index (κ2) is 7.97. The summed E-state index contributed by atoms with van der Waals surface area (Å²) in [6.07, 6.45) is 2.82. The molecule has 0 aliphatic carbocycles. The van der Waals surface area contributed by atoms with Gasteiger partial charge in [-0.1, -0.05) is 35.9 Å². The van der Waals surface area contributed by atoms with E-state index in [0.717, 1.165) is 23.1 Å². The van der Waals surface area contributed by atoms with Crippen molar-refractivity contribution >= 4 is 61.9 Å². The Labute approximate surface area is 168 Å². The van der Waals surface area contributed by atoms with Gasteiger partial charge in [-0.2, -0.15) is 8.42 Å². The van der Waals surface area contributed by atoms with Gasteiger partial charge in [-0.05, 0) is 36.0 Å². The van der Waals surface area contributed by atoms with E-state index in [2.05, 4.69) is 11.0 Å². The minimum Gasteiger partial charge on any atom is -0.282 e. The zero-order valence-electron chi connectivity index (χ0n) is 13.6. The molecule has 1 amide bonds. The maximum atomic E-state index is 13.9. The molecule has 1 aromatic heterocycles. The zero-order valence-corrected chi connectivity index (χ0v) is 16.8. The van der Waals surface area contributed by atoms with Gasteiger partial charge in [-0.3, -0.25) is 9.69 Å². The summed E-state index contributed by atoms with van der Waals surface area (Å²) in [6, 6.07) is 8.78. The normalized spacial score (nSPS) is 17.9. The highest BCUT2D eigenvalue weighted by molar-refractivity contribution is 8.19. The van der Waals surface area contributed by atoms with E-state index in [0.29, 0.717) is 4.34 Å². The van der Waals surface area contributed by atoms with E-state index >= 15 is 0 Å². The number of hydrogen-bond donors (Lipinski definition) is 0. The summed E-state index contributed by atoms with van der Waals surface area (Å²) in [7, 11) is -4.03. The quantitative estimate of drug-likeness (QED) is 0.508. The van der Waals surface area contributed by atoms with Crippen molar-refractivity contribution < 1.29 is 17.6 Å². The Bertz CT molecular complexity index is 1080. The minimum atomic E-state index is -4.03. The Morgan fingerprint density at radius 2 is 2.00 bits per heavy atom. The molecule has 2 heterocycles. The topological polar surface area (TPSA) is 66.8 Å². The molecule has 140 valence electrons. The van der Waals surface area contributed by atoms with Crippen molar-refractivity contribution in [2.24, 2.45) is 4.40 Å². The number of amidine groups is 1. The molecule has 27 heavy (non-hydrogen) atoms. The standard InChI is InChI=1S/C17H12ClFN2O3S3/c1-2-9-21-16(22)13(10-11-5-3-4-6-12(11)19)25-17(21)20-27(23,24)15-8-7-14(18)26-15/h2-8,10H,1,9H2/b13-10-,20-17?. The molecule has 0 bridgehead atoms. The highest BCUT2D eigenvalue weighted by Gasteiger charge is 2.34. The zero-order chi connectivity index (χ0) is 19.6. The van der Waals surface area contributed by atoms with Gasteiger partial charge in [0.15, 0.2) is 5.17 Å². The molecule has 1 saturated heterocycles. The molecule has 1 aromatic carbocycles. The molecule has 1 aliphatic heterocycles. The van der Waals surface area contributed by atoms with Gasteiger partial charge in [0.2, 0.25) is 0 Å². The lowest BCUT2D eigenvalue weighted by Gasteiger charge is -2.12. The minimum absolute atomic E-state index is 0.0213. The van der Waals surface area contributed by atoms with Gasteiger partial charge in [0.1, 0.15) is 10.0 Å². The number of hydrogen-bond acceptors (Lipinski definition) is 5. The smallest absolute Gasteiger partial charge is 0.282 e. The molecule has 5 nitrogen and oxygen atoms in total. The van der Waals surface area contributed by atoms with Crippen molar-refractivity contribution in [1.82, 2.24) is 4.90 Å². The van der Waals surface area contributed by atoms with Crippen LogP contribution in [0, 0.1) is 5.82 Å². The van der Waals surface area contributed by atoms with Crippen molar-refractivity contribution in [3.05, 3.63) is 69.7 Å². The van der Waals surface area contributed by atoms with Crippen LogP contribution in [0.4, 0.5) is 4.39 Å². The summed E-state index contributed by atoms with van der Waals surface area (Å²) in [6.45, 7) is 3.64. The molecule has 2 aromatic rings. The van der Waals surface area contributed by atoms with E-state index in [1.54, 1.807) is 6.07 Å². The van der Waals surface area contributed by atoms with Crippen LogP contribution < -0.4 is 0 Å². The van der Waals surface area contributed by atoms with Crippen LogP contribution in [0.1, 0.15) is 5.56 Å². The maximum absolute atomic E-state index is 13.9. The third kappa shape index (κ3) is 4.32. The largest absolute Gasteiger partial charge is 0.294 e. The second-order valence-corrected chi connectivity index (χ2v) is 9.80. The number of rotatable bonds is 5. The molecule has 3 rings (SSSR count). The third-order valence-corrected chi connectivity index (χ3v) is 7.48. The predicted molar refractivity (Wildman–Crippen MR) is 108 cm³/mol. The van der Waals surface area contributed by atoms with E-state index in [-0.39, 0.29) is 26.4 Å². The molecular formula is C17H12ClFN2O3S3. The van der Waals surface area contributed by atoms with Gasteiger partial charge < -0.3 is 0 Å². The van der Waals surface area contributed by atoms with Crippen molar-refractivity contribution in [3.63, 3.8) is 0 Å². The van der Waals surface area contributed by atoms with Gasteiger partial charge in [0.25, 0.3) is 15.9 Å². The molecule has 1 fully saturated rings. The number of carbonyl (C=O) groups excluding carboxylic acids is 1. The van der Waals surface area contributed by atoms with Crippen LogP contribution in [0.15, 0.2) is 62.6 Å². The highest BCUT2D eigenvalue weighted by Crippen LogP contribution is 2.35. The fourth-order valence-corrected chi connectivity index (χ4v) is 5.83. The highest BCUT2D eigenvalue weighted by atomic mass is 35.5. The Kier molecular flexibility index (Phi) is 5.85. The van der Waals surface area contributed by atoms with E-state index in [1.165, 1.54) is 47.4 Å². The first-order chi connectivity index (χ1) is 12.8. The Morgan fingerprint density at radius 3 is 2.63 bits per heavy atom. The number of sulfonamides is 1. The molecule has 0 N–H and O–H groups in total. The number of carbonyl (C=O) groups is 1. The van der Waals surface area contributed by atoms with Gasteiger partial charge in [-0.15, -0.1) is 22.3 Å². The molecule has 0 saturated carbocycles. The number of halogens is 2. The Morgan fingerprint density at radius 1 is 1.26 bits per heavy atom. The van der Waals surface area contributed by atoms with Crippen molar-refractivity contribution in [2.45, 2.75) is 4.21 Å². The lowest BCUT2D eigenvalue weighted by atomic mass is 10.2. The number of thiophene rings is 1. The lowest BCUT2D eigenvalue weighted by molar-refractivity contribution is -0.121. The maximum Gasteiger partial charge on any atom is 0.294 e. The first kappa shape index (κ1) is 19.8. The summed E-state index contributed by atoms with van der Waals surface area (Å²) in [5.41, 5.74) is 0.223. The van der Waals surface area contributed by atoms with Crippen LogP contribution >= 0.6 is 34.7 Å². The molecule has 0 spiro atoms. The number of amides is 1. The van der Waals surface area contributed by atoms with E-state index in [4.69, 9.17) is 11.6 Å². The van der Waals surface area contributed by atoms with Crippen LogP contribution in [0.3, 0.4) is 0 Å². The van der Waals surface area contributed by atoms with Crippen molar-refractivity contribution in [3.8, 4) is 0 Å². The first-order valence-electron chi connectivity index (χ1n) is 7.49. The summed E-state index contributed by atoms with van der Waals surface area (Å²) in [5.74, 6) is -0.957. The van der Waals surface area contributed by atoms with E-state index < -0.39 is 21.7 Å². The summed E-state index contributed by atoms with van der Waals surface area (Å²) in [5, 5.41) is -0.0213. The van der Waals surface area contributed by atoms with Gasteiger partial charge in [0.05, 0.1) is 9.24 Å². The van der Waals surface area contributed by atoms with Crippen LogP contribution in [-0.2, 0) is 14.8 Å². The number of nitrogens with zero attached hydrogens (tertiary/aromatic N) is 2. The lowest BCUT2D eigenvalue weighted by Crippen LogP contribution is -2.29. The average Bonchev–Trinajstić information content (AvgIpc) is 3.17. The Hall–Kier alpha value is -1.94. The number of thioether (sulfide) groups is 1. The average molecular weight is 443 g/mol. The SMILES string of the molecule is C=CCN1C(=O)/C(=C/c2ccccc2F)SC1=NS(=O)(=O)c1ccc(Cl)s1. The van der Waals surface area contributed by atoms with E-state index in [1.807, 2.05) is 0 Å². The second-order valence-electron chi connectivity index (χ2n) is 5.24. The molecular weight excluding hydrogens is 431 g/mol. The van der Waals surface area contributed by atoms with Crippen LogP contribution in [0.2, 0.25) is 4.34 Å². The van der Waals surface area contributed by atoms with Crippen LogP contribution in [0.25, 0.3) is 6.08 Å². The molecule has 0 unspecified atom stereocenters. The van der Waals surface area contributed by atoms with Gasteiger partial charge in [-0.25, -0.2) is 4.39 Å². The number of benzene rings is 1. The molecule has 0 atom stereocenters. The monoisotopic (exact) mass is 442 g/mol. The summed E-state index contributed by atoms with van der Waals surface area (Å²) < 4.78 is 42.9. The van der Waals surface area contributed by atoms with Crippen molar-refractivity contribution in [1.29, 1.82) is 0 Å². The van der Waals surface area contributed by atoms with Crippen molar-refractivity contribution in [2.75, 3.05) is 6.54 Å². The predicted octanol–water partition coefficient (Wildman–Crippen LogP) is 4.39. The van der Waals surface area contributed by atoms with Crippen LogP contribution in [-0.4, -0.2) is 30.9 Å². The fraction of sp³-hybridized carbons (Fsp3) is 0.0588. The molecule has 1 aliphatic rings. The molecule has 0 radical (unpaired) electrons. The first-order valence-corrected chi connectivity index (χ1v) is 10.9. The van der Waals surface area contributed by atoms with Crippen LogP contribution in [0.5, 0.6) is 0 Å². The molecule has 10 heteroatoms. The summed E-state index contributed by atoms with van der Waals surface area (Å²) in [4.78, 5) is 14.0. The van der Waals surface area contributed by atoms with Gasteiger partial charge >= 0.3 is 0 Å². The van der Waals surface area contributed by atoms with E-state index in [9.17, 15) is 17.6 Å².